The minimum Gasteiger partial charge on any atom is -0.367 e. The molecule has 2 aromatic heterocycles. The maximum Gasteiger partial charge on any atom is 0.235 e. The minimum absolute atomic E-state index is 0.358. The molecule has 1 atom stereocenters. The Morgan fingerprint density at radius 2 is 2.12 bits per heavy atom. The number of aromatic nitrogens is 4. The Morgan fingerprint density at radius 3 is 2.92 bits per heavy atom. The van der Waals surface area contributed by atoms with Gasteiger partial charge in [-0.25, -0.2) is 0 Å². The van der Waals surface area contributed by atoms with Crippen LogP contribution in [0.15, 0.2) is 42.7 Å². The van der Waals surface area contributed by atoms with Crippen molar-refractivity contribution in [2.45, 2.75) is 18.9 Å². The van der Waals surface area contributed by atoms with E-state index in [0.717, 1.165) is 42.5 Å². The summed E-state index contributed by atoms with van der Waals surface area (Å²) in [6.45, 7) is 2.02. The molecule has 0 spiro atoms. The lowest BCUT2D eigenvalue weighted by atomic mass is 10.1. The zero-order chi connectivity index (χ0) is 16.4. The smallest absolute Gasteiger partial charge is 0.235 e. The van der Waals surface area contributed by atoms with Gasteiger partial charge in [0.2, 0.25) is 5.95 Å². The van der Waals surface area contributed by atoms with E-state index in [-0.39, 0.29) is 0 Å². The van der Waals surface area contributed by atoms with Gasteiger partial charge >= 0.3 is 0 Å². The summed E-state index contributed by atoms with van der Waals surface area (Å²) in [6, 6.07) is 10.5. The van der Waals surface area contributed by atoms with Gasteiger partial charge in [-0.3, -0.25) is 4.68 Å². The van der Waals surface area contributed by atoms with Crippen molar-refractivity contribution < 1.29 is 0 Å². The molecule has 3 heterocycles. The Kier molecular flexibility index (Phi) is 4.17. The third-order valence-corrected chi connectivity index (χ3v) is 5.02. The average molecular weight is 340 g/mol. The predicted octanol–water partition coefficient (Wildman–Crippen LogP) is 3.02. The van der Waals surface area contributed by atoms with E-state index in [1.165, 1.54) is 17.2 Å². The fourth-order valence-electron chi connectivity index (χ4n) is 3.06. The van der Waals surface area contributed by atoms with E-state index in [1.807, 2.05) is 36.1 Å². The van der Waals surface area contributed by atoms with Crippen molar-refractivity contribution in [2.24, 2.45) is 7.05 Å². The molecule has 1 fully saturated rings. The lowest BCUT2D eigenvalue weighted by molar-refractivity contribution is 0.528. The zero-order valence-electron chi connectivity index (χ0n) is 13.6. The number of rotatable bonds is 4. The maximum absolute atomic E-state index is 4.64. The molecule has 0 saturated carbocycles. The van der Waals surface area contributed by atoms with Crippen LogP contribution in [0.25, 0.3) is 10.6 Å². The Bertz CT molecular complexity index is 796. The van der Waals surface area contributed by atoms with E-state index in [1.54, 1.807) is 0 Å². The summed E-state index contributed by atoms with van der Waals surface area (Å²) in [4.78, 5) is 7.01. The molecule has 0 unspecified atom stereocenters. The topological polar surface area (TPSA) is 58.9 Å². The van der Waals surface area contributed by atoms with Gasteiger partial charge in [-0.05, 0) is 24.4 Å². The second kappa shape index (κ2) is 6.60. The molecule has 124 valence electrons. The van der Waals surface area contributed by atoms with E-state index in [0.29, 0.717) is 6.04 Å². The van der Waals surface area contributed by atoms with Gasteiger partial charge in [-0.2, -0.15) is 14.5 Å². The fraction of sp³-hybridized carbons (Fsp3) is 0.353. The van der Waals surface area contributed by atoms with Gasteiger partial charge in [0.25, 0.3) is 0 Å². The summed E-state index contributed by atoms with van der Waals surface area (Å²) in [5.41, 5.74) is 2.30. The number of nitrogens with one attached hydrogen (secondary N) is 1. The third-order valence-electron chi connectivity index (χ3n) is 4.26. The van der Waals surface area contributed by atoms with Gasteiger partial charge in [0, 0.05) is 37.9 Å². The SMILES string of the molecule is Cn1cc(N2CCC[C@@H](Nc3nsc(-c4ccccc4)n3)C2)cn1. The first kappa shape index (κ1) is 15.1. The van der Waals surface area contributed by atoms with Gasteiger partial charge in [0.15, 0.2) is 0 Å². The van der Waals surface area contributed by atoms with Crippen molar-refractivity contribution in [2.75, 3.05) is 23.3 Å². The summed E-state index contributed by atoms with van der Waals surface area (Å²) >= 11 is 1.44. The van der Waals surface area contributed by atoms with Crippen LogP contribution in [0, 0.1) is 0 Å². The van der Waals surface area contributed by atoms with Crippen molar-refractivity contribution in [1.29, 1.82) is 0 Å². The van der Waals surface area contributed by atoms with Crippen LogP contribution in [0.3, 0.4) is 0 Å². The quantitative estimate of drug-likeness (QED) is 0.791. The molecule has 0 radical (unpaired) electrons. The van der Waals surface area contributed by atoms with E-state index >= 15 is 0 Å². The first-order valence-corrected chi connectivity index (χ1v) is 8.94. The Morgan fingerprint density at radius 1 is 1.25 bits per heavy atom. The van der Waals surface area contributed by atoms with Gasteiger partial charge in [-0.1, -0.05) is 30.3 Å². The predicted molar refractivity (Wildman–Crippen MR) is 97.4 cm³/mol. The molecule has 7 heteroatoms. The van der Waals surface area contributed by atoms with Crippen LogP contribution in [-0.4, -0.2) is 38.3 Å². The molecule has 1 aliphatic rings. The van der Waals surface area contributed by atoms with Crippen LogP contribution in [0.5, 0.6) is 0 Å². The van der Waals surface area contributed by atoms with Crippen LogP contribution in [-0.2, 0) is 7.05 Å². The molecule has 3 aromatic rings. The van der Waals surface area contributed by atoms with E-state index in [4.69, 9.17) is 0 Å². The number of hydrogen-bond acceptors (Lipinski definition) is 6. The molecule has 1 saturated heterocycles. The molecule has 1 N–H and O–H groups in total. The molecule has 4 rings (SSSR count). The number of anilines is 2. The third kappa shape index (κ3) is 3.26. The monoisotopic (exact) mass is 340 g/mol. The summed E-state index contributed by atoms with van der Waals surface area (Å²) in [5.74, 6) is 0.733. The number of aryl methyl sites for hydroxylation is 1. The van der Waals surface area contributed by atoms with Gasteiger partial charge < -0.3 is 10.2 Å². The van der Waals surface area contributed by atoms with Crippen molar-refractivity contribution in [3.63, 3.8) is 0 Å². The summed E-state index contributed by atoms with van der Waals surface area (Å²) in [7, 11) is 1.95. The highest BCUT2D eigenvalue weighted by Gasteiger charge is 2.22. The Labute approximate surface area is 145 Å². The van der Waals surface area contributed by atoms with E-state index < -0.39 is 0 Å². The number of benzene rings is 1. The second-order valence-corrected chi connectivity index (χ2v) is 6.84. The highest BCUT2D eigenvalue weighted by Crippen LogP contribution is 2.25. The molecule has 0 aliphatic carbocycles. The van der Waals surface area contributed by atoms with Crippen molar-refractivity contribution >= 4 is 23.2 Å². The van der Waals surface area contributed by atoms with Crippen LogP contribution in [0.1, 0.15) is 12.8 Å². The van der Waals surface area contributed by atoms with Gasteiger partial charge in [-0.15, -0.1) is 0 Å². The summed E-state index contributed by atoms with van der Waals surface area (Å²) in [5, 5.41) is 8.72. The average Bonchev–Trinajstić information content (AvgIpc) is 3.25. The lowest BCUT2D eigenvalue weighted by Crippen LogP contribution is -2.42. The van der Waals surface area contributed by atoms with E-state index in [9.17, 15) is 0 Å². The first-order valence-electron chi connectivity index (χ1n) is 8.17. The first-order chi connectivity index (χ1) is 11.8. The maximum atomic E-state index is 4.64. The Balaban J connectivity index is 1.43. The molecule has 1 aliphatic heterocycles. The lowest BCUT2D eigenvalue weighted by Gasteiger charge is -2.33. The summed E-state index contributed by atoms with van der Waals surface area (Å²) in [6.07, 6.45) is 6.28. The van der Waals surface area contributed by atoms with Crippen LogP contribution in [0.2, 0.25) is 0 Å². The number of nitrogens with zero attached hydrogens (tertiary/aromatic N) is 5. The highest BCUT2D eigenvalue weighted by molar-refractivity contribution is 7.09. The molecular formula is C17H20N6S. The van der Waals surface area contributed by atoms with Crippen LogP contribution >= 0.6 is 11.5 Å². The fourth-order valence-corrected chi connectivity index (χ4v) is 3.70. The summed E-state index contributed by atoms with van der Waals surface area (Å²) < 4.78 is 6.32. The number of piperidine rings is 1. The molecule has 6 nitrogen and oxygen atoms in total. The normalized spacial score (nSPS) is 17.9. The van der Waals surface area contributed by atoms with E-state index in [2.05, 4.69) is 43.0 Å². The molecule has 1 aromatic carbocycles. The van der Waals surface area contributed by atoms with Crippen LogP contribution < -0.4 is 10.2 Å². The molecule has 0 bridgehead atoms. The van der Waals surface area contributed by atoms with Gasteiger partial charge in [0.05, 0.1) is 11.9 Å². The Hall–Kier alpha value is -2.41. The zero-order valence-corrected chi connectivity index (χ0v) is 14.4. The second-order valence-electron chi connectivity index (χ2n) is 6.09. The van der Waals surface area contributed by atoms with Crippen molar-refractivity contribution in [1.82, 2.24) is 19.1 Å². The largest absolute Gasteiger partial charge is 0.367 e. The molecular weight excluding hydrogens is 320 g/mol. The van der Waals surface area contributed by atoms with Crippen molar-refractivity contribution in [3.8, 4) is 10.6 Å². The highest BCUT2D eigenvalue weighted by atomic mass is 32.1. The molecule has 0 amide bonds. The minimum atomic E-state index is 0.358. The van der Waals surface area contributed by atoms with Gasteiger partial charge in [0.1, 0.15) is 5.01 Å². The van der Waals surface area contributed by atoms with Crippen LogP contribution in [0.4, 0.5) is 11.6 Å². The standard InChI is InChI=1S/C17H20N6S/c1-22-12-15(10-18-22)23-9-5-8-14(11-23)19-17-20-16(24-21-17)13-6-3-2-4-7-13/h2-4,6-7,10,12,14H,5,8-9,11H2,1H3,(H,19,21)/t14-/m1/s1. The number of hydrogen-bond donors (Lipinski definition) is 1. The molecule has 24 heavy (non-hydrogen) atoms. The van der Waals surface area contributed by atoms with Crippen molar-refractivity contribution in [3.05, 3.63) is 42.7 Å².